The van der Waals surface area contributed by atoms with Crippen LogP contribution in [-0.4, -0.2) is 31.3 Å². The van der Waals surface area contributed by atoms with Gasteiger partial charge in [0.25, 0.3) is 0 Å². The number of esters is 1. The van der Waals surface area contributed by atoms with E-state index < -0.39 is 33.9 Å². The van der Waals surface area contributed by atoms with Gasteiger partial charge in [0.15, 0.2) is 0 Å². The first-order valence-corrected chi connectivity index (χ1v) is 9.32. The Hall–Kier alpha value is -2.25. The lowest BCUT2D eigenvalue weighted by Crippen LogP contribution is -2.21. The highest BCUT2D eigenvalue weighted by Gasteiger charge is 2.61. The number of carbonyl (C=O) groups is 1. The fourth-order valence-corrected chi connectivity index (χ4v) is 4.50. The van der Waals surface area contributed by atoms with Crippen molar-refractivity contribution in [3.05, 3.63) is 65.5 Å². The number of nitrogens with zero attached hydrogens (tertiary/aromatic N) is 1. The number of halogens is 1. The molecule has 7 heteroatoms. The molecule has 1 saturated heterocycles. The van der Waals surface area contributed by atoms with Crippen LogP contribution in [0, 0.1) is 12.7 Å². The summed E-state index contributed by atoms with van der Waals surface area (Å²) in [4.78, 5) is 12.3. The van der Waals surface area contributed by atoms with Crippen molar-refractivity contribution in [2.45, 2.75) is 30.8 Å². The average Bonchev–Trinajstić information content (AvgIpc) is 3.33. The number of hydrogen-bond donors (Lipinski definition) is 0. The van der Waals surface area contributed by atoms with Crippen LogP contribution < -0.4 is 0 Å². The standard InChI is InChI=1S/C18H18FNO4S/c1-3-24-18(21)17-16(13-6-8-14(19)9-7-13)20(17)25(22,23)15-10-4-12(2)5-11-15/h4-11,16-17H,3H2,1-2H3. The van der Waals surface area contributed by atoms with Gasteiger partial charge in [-0.2, -0.15) is 4.31 Å². The molecule has 1 aliphatic rings. The second-order valence-corrected chi connectivity index (χ2v) is 7.68. The Morgan fingerprint density at radius 2 is 1.72 bits per heavy atom. The maximum Gasteiger partial charge on any atom is 0.326 e. The largest absolute Gasteiger partial charge is 0.465 e. The monoisotopic (exact) mass is 363 g/mol. The molecule has 3 rings (SSSR count). The van der Waals surface area contributed by atoms with Gasteiger partial charge in [-0.3, -0.25) is 4.79 Å². The summed E-state index contributed by atoms with van der Waals surface area (Å²) >= 11 is 0. The summed E-state index contributed by atoms with van der Waals surface area (Å²) in [5.41, 5.74) is 1.48. The number of hydrogen-bond acceptors (Lipinski definition) is 4. The summed E-state index contributed by atoms with van der Waals surface area (Å²) in [5, 5.41) is 0. The fraction of sp³-hybridized carbons (Fsp3) is 0.278. The molecule has 0 aromatic heterocycles. The van der Waals surface area contributed by atoms with Crippen molar-refractivity contribution in [2.24, 2.45) is 0 Å². The molecular formula is C18H18FNO4S. The van der Waals surface area contributed by atoms with E-state index in [4.69, 9.17) is 4.74 Å². The Labute approximate surface area is 146 Å². The lowest BCUT2D eigenvalue weighted by molar-refractivity contribution is -0.143. The van der Waals surface area contributed by atoms with Gasteiger partial charge in [-0.15, -0.1) is 0 Å². The lowest BCUT2D eigenvalue weighted by Gasteiger charge is -2.07. The van der Waals surface area contributed by atoms with E-state index in [1.54, 1.807) is 19.1 Å². The zero-order chi connectivity index (χ0) is 18.2. The lowest BCUT2D eigenvalue weighted by atomic mass is 10.1. The average molecular weight is 363 g/mol. The minimum atomic E-state index is -3.86. The van der Waals surface area contributed by atoms with Crippen LogP contribution in [0.5, 0.6) is 0 Å². The van der Waals surface area contributed by atoms with E-state index in [-0.39, 0.29) is 11.5 Å². The normalized spacial score (nSPS) is 22.4. The van der Waals surface area contributed by atoms with Gasteiger partial charge in [-0.1, -0.05) is 29.8 Å². The number of aryl methyl sites for hydroxylation is 1. The fourth-order valence-electron chi connectivity index (χ4n) is 2.79. The predicted octanol–water partition coefficient (Wildman–Crippen LogP) is 2.81. The summed E-state index contributed by atoms with van der Waals surface area (Å²) in [6, 6.07) is 10.2. The molecule has 0 radical (unpaired) electrons. The van der Waals surface area contributed by atoms with E-state index >= 15 is 0 Å². The van der Waals surface area contributed by atoms with E-state index in [0.717, 1.165) is 9.87 Å². The highest BCUT2D eigenvalue weighted by atomic mass is 32.2. The van der Waals surface area contributed by atoms with Gasteiger partial charge < -0.3 is 4.74 Å². The van der Waals surface area contributed by atoms with E-state index in [1.807, 2.05) is 6.92 Å². The third kappa shape index (κ3) is 3.29. The van der Waals surface area contributed by atoms with Gasteiger partial charge in [-0.05, 0) is 43.7 Å². The molecule has 0 aliphatic carbocycles. The minimum absolute atomic E-state index is 0.108. The molecule has 0 spiro atoms. The van der Waals surface area contributed by atoms with Crippen LogP contribution in [-0.2, 0) is 19.6 Å². The molecule has 1 fully saturated rings. The molecule has 0 N–H and O–H groups in total. The smallest absolute Gasteiger partial charge is 0.326 e. The highest BCUT2D eigenvalue weighted by molar-refractivity contribution is 7.89. The Bertz CT molecular complexity index is 878. The minimum Gasteiger partial charge on any atom is -0.465 e. The molecule has 5 nitrogen and oxygen atoms in total. The molecule has 2 aromatic rings. The summed E-state index contributed by atoms with van der Waals surface area (Å²) in [7, 11) is -3.86. The van der Waals surface area contributed by atoms with Crippen molar-refractivity contribution in [1.29, 1.82) is 0 Å². The molecule has 0 amide bonds. The molecule has 25 heavy (non-hydrogen) atoms. The van der Waals surface area contributed by atoms with E-state index in [0.29, 0.717) is 5.56 Å². The number of benzene rings is 2. The first-order chi connectivity index (χ1) is 11.9. The van der Waals surface area contributed by atoms with Crippen LogP contribution in [0.2, 0.25) is 0 Å². The molecule has 1 aliphatic heterocycles. The maximum absolute atomic E-state index is 13.2. The van der Waals surface area contributed by atoms with E-state index in [9.17, 15) is 17.6 Å². The van der Waals surface area contributed by atoms with Crippen molar-refractivity contribution >= 4 is 16.0 Å². The zero-order valence-electron chi connectivity index (χ0n) is 13.8. The molecule has 2 aromatic carbocycles. The topological polar surface area (TPSA) is 63.5 Å². The van der Waals surface area contributed by atoms with Gasteiger partial charge >= 0.3 is 5.97 Å². The number of carbonyl (C=O) groups excluding carboxylic acids is 1. The van der Waals surface area contributed by atoms with Gasteiger partial charge in [0.05, 0.1) is 17.5 Å². The Morgan fingerprint density at radius 1 is 1.12 bits per heavy atom. The predicted molar refractivity (Wildman–Crippen MR) is 89.8 cm³/mol. The maximum atomic E-state index is 13.2. The molecule has 0 saturated carbocycles. The van der Waals surface area contributed by atoms with E-state index in [2.05, 4.69) is 0 Å². The number of sulfonamides is 1. The third-order valence-electron chi connectivity index (χ3n) is 4.09. The summed E-state index contributed by atoms with van der Waals surface area (Å²) in [6.45, 7) is 3.67. The first kappa shape index (κ1) is 17.6. The van der Waals surface area contributed by atoms with Crippen molar-refractivity contribution in [1.82, 2.24) is 4.31 Å². The summed E-state index contributed by atoms with van der Waals surface area (Å²) in [5.74, 6) is -1.03. The second kappa shape index (κ2) is 6.57. The number of rotatable bonds is 5. The third-order valence-corrected chi connectivity index (χ3v) is 5.97. The van der Waals surface area contributed by atoms with Gasteiger partial charge in [0, 0.05) is 0 Å². The summed E-state index contributed by atoms with van der Waals surface area (Å²) in [6.07, 6.45) is 0. The van der Waals surface area contributed by atoms with Gasteiger partial charge in [0.2, 0.25) is 10.0 Å². The molecule has 0 bridgehead atoms. The van der Waals surface area contributed by atoms with Crippen molar-refractivity contribution in [2.75, 3.05) is 6.61 Å². The first-order valence-electron chi connectivity index (χ1n) is 7.88. The van der Waals surface area contributed by atoms with Crippen LogP contribution in [0.1, 0.15) is 24.1 Å². The van der Waals surface area contributed by atoms with Crippen molar-refractivity contribution in [3.63, 3.8) is 0 Å². The Morgan fingerprint density at radius 3 is 2.28 bits per heavy atom. The molecular weight excluding hydrogens is 345 g/mol. The van der Waals surface area contributed by atoms with Crippen LogP contribution >= 0.6 is 0 Å². The quantitative estimate of drug-likeness (QED) is 0.605. The summed E-state index contributed by atoms with van der Waals surface area (Å²) < 4.78 is 45.1. The van der Waals surface area contributed by atoms with Crippen molar-refractivity contribution < 1.29 is 22.3 Å². The molecule has 3 atom stereocenters. The Balaban J connectivity index is 1.97. The van der Waals surface area contributed by atoms with E-state index in [1.165, 1.54) is 36.4 Å². The van der Waals surface area contributed by atoms with Gasteiger partial charge in [0.1, 0.15) is 11.9 Å². The van der Waals surface area contributed by atoms with Crippen LogP contribution in [0.15, 0.2) is 53.4 Å². The highest BCUT2D eigenvalue weighted by Crippen LogP contribution is 2.48. The second-order valence-electron chi connectivity index (χ2n) is 5.84. The van der Waals surface area contributed by atoms with Crippen molar-refractivity contribution in [3.8, 4) is 0 Å². The van der Waals surface area contributed by atoms with Crippen LogP contribution in [0.3, 0.4) is 0 Å². The van der Waals surface area contributed by atoms with Gasteiger partial charge in [-0.25, -0.2) is 12.8 Å². The molecule has 1 heterocycles. The molecule has 132 valence electrons. The number of ether oxygens (including phenoxy) is 1. The molecule has 3 unspecified atom stereocenters. The SMILES string of the molecule is CCOC(=O)C1C(c2ccc(F)cc2)N1S(=O)(=O)c1ccc(C)cc1. The Kier molecular flexibility index (Phi) is 4.62. The van der Waals surface area contributed by atoms with Crippen LogP contribution in [0.4, 0.5) is 4.39 Å². The zero-order valence-corrected chi connectivity index (χ0v) is 14.7. The van der Waals surface area contributed by atoms with Crippen LogP contribution in [0.25, 0.3) is 0 Å².